The number of benzene rings is 2. The van der Waals surface area contributed by atoms with Crippen LogP contribution in [-0.2, 0) is 9.84 Å². The van der Waals surface area contributed by atoms with E-state index in [4.69, 9.17) is 0 Å². The standard InChI is InChI=1S/C14H10F2INO3S/c1-22(20,21)12-5-3-2-4-9(12)14(19)18-8-6-10(15)13(17)11(16)7-8/h2-7H,1H3,(H,18,19). The zero-order valence-electron chi connectivity index (χ0n) is 11.2. The average Bonchev–Trinajstić information content (AvgIpc) is 2.43. The van der Waals surface area contributed by atoms with Crippen LogP contribution in [-0.4, -0.2) is 20.6 Å². The van der Waals surface area contributed by atoms with Gasteiger partial charge in [0.15, 0.2) is 9.84 Å². The first kappa shape index (κ1) is 16.8. The molecule has 22 heavy (non-hydrogen) atoms. The van der Waals surface area contributed by atoms with E-state index >= 15 is 0 Å². The summed E-state index contributed by atoms with van der Waals surface area (Å²) in [6, 6.07) is 7.53. The van der Waals surface area contributed by atoms with Gasteiger partial charge in [-0.2, -0.15) is 0 Å². The predicted octanol–water partition coefficient (Wildman–Crippen LogP) is 3.23. The third-order valence-corrected chi connectivity index (χ3v) is 4.96. The van der Waals surface area contributed by atoms with E-state index in [2.05, 4.69) is 5.32 Å². The Kier molecular flexibility index (Phi) is 4.81. The Hall–Kier alpha value is -1.55. The van der Waals surface area contributed by atoms with E-state index in [9.17, 15) is 22.0 Å². The van der Waals surface area contributed by atoms with Crippen molar-refractivity contribution < 1.29 is 22.0 Å². The van der Waals surface area contributed by atoms with Crippen molar-refractivity contribution in [3.05, 3.63) is 57.2 Å². The van der Waals surface area contributed by atoms with Gasteiger partial charge >= 0.3 is 0 Å². The number of sulfone groups is 1. The van der Waals surface area contributed by atoms with E-state index < -0.39 is 27.4 Å². The molecular formula is C14H10F2INO3S. The monoisotopic (exact) mass is 437 g/mol. The van der Waals surface area contributed by atoms with Gasteiger partial charge in [0.25, 0.3) is 5.91 Å². The van der Waals surface area contributed by atoms with Gasteiger partial charge in [0, 0.05) is 11.9 Å². The summed E-state index contributed by atoms with van der Waals surface area (Å²) in [6.45, 7) is 0. The molecule has 0 aliphatic heterocycles. The molecule has 0 saturated heterocycles. The molecule has 1 amide bonds. The molecule has 2 aromatic rings. The van der Waals surface area contributed by atoms with Crippen LogP contribution in [0.4, 0.5) is 14.5 Å². The third kappa shape index (κ3) is 3.61. The summed E-state index contributed by atoms with van der Waals surface area (Å²) in [7, 11) is -3.60. The molecule has 0 radical (unpaired) electrons. The molecule has 1 N–H and O–H groups in total. The van der Waals surface area contributed by atoms with Crippen LogP contribution in [0.15, 0.2) is 41.3 Å². The quantitative estimate of drug-likeness (QED) is 0.593. The van der Waals surface area contributed by atoms with Crippen molar-refractivity contribution in [1.82, 2.24) is 0 Å². The second-order valence-electron chi connectivity index (χ2n) is 4.48. The molecule has 2 rings (SSSR count). The summed E-state index contributed by atoms with van der Waals surface area (Å²) >= 11 is 1.50. The topological polar surface area (TPSA) is 63.2 Å². The summed E-state index contributed by atoms with van der Waals surface area (Å²) in [5.41, 5.74) is -0.187. The SMILES string of the molecule is CS(=O)(=O)c1ccccc1C(=O)Nc1cc(F)c(I)c(F)c1. The van der Waals surface area contributed by atoms with Gasteiger partial charge in [-0.1, -0.05) is 12.1 Å². The molecule has 116 valence electrons. The van der Waals surface area contributed by atoms with Crippen molar-refractivity contribution in [1.29, 1.82) is 0 Å². The maximum absolute atomic E-state index is 13.5. The number of hydrogen-bond acceptors (Lipinski definition) is 3. The van der Waals surface area contributed by atoms with Crippen molar-refractivity contribution >= 4 is 44.0 Å². The second-order valence-corrected chi connectivity index (χ2v) is 7.54. The smallest absolute Gasteiger partial charge is 0.256 e. The third-order valence-electron chi connectivity index (χ3n) is 2.77. The van der Waals surface area contributed by atoms with Gasteiger partial charge in [-0.15, -0.1) is 0 Å². The molecule has 0 fully saturated rings. The summed E-state index contributed by atoms with van der Waals surface area (Å²) in [4.78, 5) is 12.0. The molecule has 0 heterocycles. The fraction of sp³-hybridized carbons (Fsp3) is 0.0714. The Labute approximate surface area is 139 Å². The first-order valence-corrected chi connectivity index (χ1v) is 8.92. The van der Waals surface area contributed by atoms with E-state index in [1.807, 2.05) is 0 Å². The molecular weight excluding hydrogens is 427 g/mol. The Balaban J connectivity index is 2.39. The van der Waals surface area contributed by atoms with E-state index in [0.717, 1.165) is 18.4 Å². The van der Waals surface area contributed by atoms with Crippen molar-refractivity contribution in [2.45, 2.75) is 4.90 Å². The number of carbonyl (C=O) groups is 1. The summed E-state index contributed by atoms with van der Waals surface area (Å²) in [5, 5.41) is 2.29. The van der Waals surface area contributed by atoms with Crippen molar-refractivity contribution in [2.75, 3.05) is 11.6 Å². The number of nitrogens with one attached hydrogen (secondary N) is 1. The zero-order valence-corrected chi connectivity index (χ0v) is 14.2. The van der Waals surface area contributed by atoms with Crippen LogP contribution >= 0.6 is 22.6 Å². The van der Waals surface area contributed by atoms with Crippen molar-refractivity contribution in [3.8, 4) is 0 Å². The average molecular weight is 437 g/mol. The normalized spacial score (nSPS) is 11.3. The molecule has 0 saturated carbocycles. The number of amides is 1. The van der Waals surface area contributed by atoms with Crippen LogP contribution < -0.4 is 5.32 Å². The first-order valence-electron chi connectivity index (χ1n) is 5.95. The Morgan fingerprint density at radius 3 is 2.23 bits per heavy atom. The summed E-state index contributed by atoms with van der Waals surface area (Å²) in [5.74, 6) is -2.39. The number of hydrogen-bond donors (Lipinski definition) is 1. The Bertz CT molecular complexity index is 830. The molecule has 0 atom stereocenters. The largest absolute Gasteiger partial charge is 0.322 e. The lowest BCUT2D eigenvalue weighted by molar-refractivity contribution is 0.102. The van der Waals surface area contributed by atoms with Gasteiger partial charge in [-0.25, -0.2) is 17.2 Å². The molecule has 0 bridgehead atoms. The minimum Gasteiger partial charge on any atom is -0.322 e. The number of carbonyl (C=O) groups excluding carboxylic acids is 1. The van der Waals surface area contributed by atoms with Crippen LogP contribution in [0, 0.1) is 15.2 Å². The number of rotatable bonds is 3. The maximum atomic E-state index is 13.5. The molecule has 4 nitrogen and oxygen atoms in total. The number of anilines is 1. The minimum atomic E-state index is -3.60. The van der Waals surface area contributed by atoms with Crippen LogP contribution in [0.3, 0.4) is 0 Å². The highest BCUT2D eigenvalue weighted by Gasteiger charge is 2.19. The predicted molar refractivity (Wildman–Crippen MR) is 86.6 cm³/mol. The fourth-order valence-corrected chi connectivity index (χ4v) is 3.00. The summed E-state index contributed by atoms with van der Waals surface area (Å²) < 4.78 is 50.1. The lowest BCUT2D eigenvalue weighted by Crippen LogP contribution is -2.16. The first-order chi connectivity index (χ1) is 10.2. The minimum absolute atomic E-state index is 0.0932. The van der Waals surface area contributed by atoms with E-state index in [1.165, 1.54) is 46.9 Å². The van der Waals surface area contributed by atoms with Gasteiger partial charge in [0.05, 0.1) is 14.0 Å². The van der Waals surface area contributed by atoms with E-state index in [0.29, 0.717) is 0 Å². The van der Waals surface area contributed by atoms with Crippen LogP contribution in [0.5, 0.6) is 0 Å². The highest BCUT2D eigenvalue weighted by Crippen LogP contribution is 2.22. The maximum Gasteiger partial charge on any atom is 0.256 e. The van der Waals surface area contributed by atoms with Crippen molar-refractivity contribution in [2.24, 2.45) is 0 Å². The van der Waals surface area contributed by atoms with Crippen LogP contribution in [0.25, 0.3) is 0 Å². The highest BCUT2D eigenvalue weighted by atomic mass is 127. The second kappa shape index (κ2) is 6.29. The number of halogens is 3. The molecule has 0 aromatic heterocycles. The zero-order chi connectivity index (χ0) is 16.5. The van der Waals surface area contributed by atoms with Gasteiger partial charge < -0.3 is 5.32 Å². The molecule has 0 unspecified atom stereocenters. The van der Waals surface area contributed by atoms with E-state index in [1.54, 1.807) is 0 Å². The van der Waals surface area contributed by atoms with E-state index in [-0.39, 0.29) is 19.7 Å². The van der Waals surface area contributed by atoms with Crippen LogP contribution in [0.1, 0.15) is 10.4 Å². The lowest BCUT2D eigenvalue weighted by Gasteiger charge is -2.09. The molecule has 0 aliphatic carbocycles. The lowest BCUT2D eigenvalue weighted by atomic mass is 10.2. The highest BCUT2D eigenvalue weighted by molar-refractivity contribution is 14.1. The summed E-state index contributed by atoms with van der Waals surface area (Å²) in [6.07, 6.45) is 0.976. The molecule has 0 spiro atoms. The van der Waals surface area contributed by atoms with Gasteiger partial charge in [0.2, 0.25) is 0 Å². The van der Waals surface area contributed by atoms with Gasteiger partial charge in [0.1, 0.15) is 11.6 Å². The van der Waals surface area contributed by atoms with Gasteiger partial charge in [-0.3, -0.25) is 4.79 Å². The van der Waals surface area contributed by atoms with Crippen LogP contribution in [0.2, 0.25) is 0 Å². The Morgan fingerprint density at radius 1 is 1.14 bits per heavy atom. The Morgan fingerprint density at radius 2 is 1.68 bits per heavy atom. The molecule has 0 aliphatic rings. The molecule has 8 heteroatoms. The van der Waals surface area contributed by atoms with Crippen molar-refractivity contribution in [3.63, 3.8) is 0 Å². The van der Waals surface area contributed by atoms with Gasteiger partial charge in [-0.05, 0) is 46.9 Å². The fourth-order valence-electron chi connectivity index (χ4n) is 1.80. The molecule has 2 aromatic carbocycles.